The lowest BCUT2D eigenvalue weighted by atomic mass is 9.91. The number of aromatic nitrogens is 2. The summed E-state index contributed by atoms with van der Waals surface area (Å²) in [5, 5.41) is 0.292. The van der Waals surface area contributed by atoms with Crippen LogP contribution in [0, 0.1) is 11.3 Å². The number of nitrogens with one attached hydrogen (secondary N) is 2. The Balaban J connectivity index is 1.75. The molecule has 110 valence electrons. The molecule has 6 nitrogen and oxygen atoms in total. The molecule has 0 amide bonds. The first-order chi connectivity index (χ1) is 10.1. The van der Waals surface area contributed by atoms with E-state index in [-0.39, 0.29) is 5.71 Å². The lowest BCUT2D eigenvalue weighted by molar-refractivity contribution is 0.404. The molecule has 6 heteroatoms. The normalized spacial score (nSPS) is 19.8. The fourth-order valence-electron chi connectivity index (χ4n) is 3.48. The van der Waals surface area contributed by atoms with Gasteiger partial charge in [-0.05, 0) is 55.4 Å². The molecule has 0 aliphatic heterocycles. The summed E-state index contributed by atoms with van der Waals surface area (Å²) in [4.78, 5) is 39.4. The average Bonchev–Trinajstić information content (AvgIpc) is 3.27. The molecule has 2 aliphatic carbocycles. The van der Waals surface area contributed by atoms with Crippen LogP contribution in [0.1, 0.15) is 37.7 Å². The van der Waals surface area contributed by atoms with E-state index < -0.39 is 16.9 Å². The van der Waals surface area contributed by atoms with Gasteiger partial charge in [0.25, 0.3) is 5.56 Å². The van der Waals surface area contributed by atoms with Crippen molar-refractivity contribution in [3.05, 3.63) is 42.9 Å². The van der Waals surface area contributed by atoms with Crippen molar-refractivity contribution in [1.29, 1.82) is 0 Å². The van der Waals surface area contributed by atoms with Gasteiger partial charge in [-0.1, -0.05) is 0 Å². The monoisotopic (exact) mass is 288 g/mol. The second kappa shape index (κ2) is 4.19. The van der Waals surface area contributed by atoms with Gasteiger partial charge in [-0.25, -0.2) is 9.59 Å². The quantitative estimate of drug-likeness (QED) is 0.886. The van der Waals surface area contributed by atoms with Crippen molar-refractivity contribution in [3.8, 4) is 0 Å². The number of hydrogen-bond donors (Lipinski definition) is 2. The highest BCUT2D eigenvalue weighted by atomic mass is 16.4. The molecule has 0 aromatic carbocycles. The predicted molar refractivity (Wildman–Crippen MR) is 76.4 cm³/mol. The van der Waals surface area contributed by atoms with E-state index in [4.69, 9.17) is 4.42 Å². The third kappa shape index (κ3) is 2.14. The first-order valence-electron chi connectivity index (χ1n) is 7.37. The van der Waals surface area contributed by atoms with Crippen LogP contribution in [0.4, 0.5) is 0 Å². The molecule has 0 saturated heterocycles. The van der Waals surface area contributed by atoms with E-state index in [0.29, 0.717) is 22.8 Å². The largest absolute Gasteiger partial charge is 0.405 e. The molecule has 2 aromatic rings. The molecule has 2 aliphatic rings. The maximum Gasteiger partial charge on any atom is 0.337 e. The van der Waals surface area contributed by atoms with Crippen LogP contribution in [0.15, 0.2) is 24.9 Å². The van der Waals surface area contributed by atoms with Crippen molar-refractivity contribution in [2.24, 2.45) is 11.3 Å². The van der Waals surface area contributed by atoms with Crippen LogP contribution >= 0.6 is 0 Å². The van der Waals surface area contributed by atoms with E-state index >= 15 is 0 Å². The molecule has 21 heavy (non-hydrogen) atoms. The standard InChI is InChI=1S/C15H16N2O4/c18-10-7-8(3-4-15(5-6-15)9-1-2-9)11-12(19)16-14(20)17-13(11)21-10/h7,9H,1-6H2,(H2,16,17,19,20). The Kier molecular flexibility index (Phi) is 2.52. The van der Waals surface area contributed by atoms with Gasteiger partial charge in [0.1, 0.15) is 5.39 Å². The van der Waals surface area contributed by atoms with Crippen molar-refractivity contribution in [2.45, 2.75) is 38.5 Å². The number of hydrogen-bond acceptors (Lipinski definition) is 4. The smallest absolute Gasteiger partial charge is 0.337 e. The number of aromatic amines is 2. The molecule has 0 radical (unpaired) electrons. The molecule has 2 heterocycles. The van der Waals surface area contributed by atoms with Gasteiger partial charge < -0.3 is 4.42 Å². The summed E-state index contributed by atoms with van der Waals surface area (Å²) in [7, 11) is 0. The van der Waals surface area contributed by atoms with Crippen LogP contribution in [-0.2, 0) is 6.42 Å². The highest BCUT2D eigenvalue weighted by Crippen LogP contribution is 2.63. The number of H-pyrrole nitrogens is 2. The van der Waals surface area contributed by atoms with Crippen LogP contribution < -0.4 is 16.9 Å². The Hall–Kier alpha value is -2.11. The number of aryl methyl sites for hydroxylation is 1. The Morgan fingerprint density at radius 1 is 1.19 bits per heavy atom. The Labute approximate surface area is 119 Å². The fraction of sp³-hybridized carbons (Fsp3) is 0.533. The van der Waals surface area contributed by atoms with Crippen molar-refractivity contribution >= 4 is 11.1 Å². The van der Waals surface area contributed by atoms with Crippen LogP contribution in [0.5, 0.6) is 0 Å². The van der Waals surface area contributed by atoms with E-state index in [2.05, 4.69) is 9.97 Å². The summed E-state index contributed by atoms with van der Waals surface area (Å²) in [5.74, 6) is 0.835. The zero-order chi connectivity index (χ0) is 14.6. The Morgan fingerprint density at radius 2 is 1.95 bits per heavy atom. The molecule has 2 fully saturated rings. The lowest BCUT2D eigenvalue weighted by Crippen LogP contribution is -2.24. The van der Waals surface area contributed by atoms with Gasteiger partial charge in [0.15, 0.2) is 0 Å². The van der Waals surface area contributed by atoms with Crippen LogP contribution in [-0.4, -0.2) is 9.97 Å². The molecular weight excluding hydrogens is 272 g/mol. The van der Waals surface area contributed by atoms with Crippen LogP contribution in [0.25, 0.3) is 11.1 Å². The van der Waals surface area contributed by atoms with Crippen molar-refractivity contribution < 1.29 is 4.42 Å². The molecule has 2 aromatic heterocycles. The zero-order valence-corrected chi connectivity index (χ0v) is 11.5. The Morgan fingerprint density at radius 3 is 2.62 bits per heavy atom. The SMILES string of the molecule is O=c1[nH]c(=O)c2c(CCC3(C4CC4)CC3)cc(=O)oc2[nH]1. The molecular formula is C15H16N2O4. The van der Waals surface area contributed by atoms with E-state index in [0.717, 1.165) is 12.3 Å². The van der Waals surface area contributed by atoms with Crippen molar-refractivity contribution in [2.75, 3.05) is 0 Å². The zero-order valence-electron chi connectivity index (χ0n) is 11.5. The predicted octanol–water partition coefficient (Wildman–Crippen LogP) is 1.29. The minimum atomic E-state index is -0.663. The maximum atomic E-state index is 12.0. The molecule has 0 bridgehead atoms. The molecule has 0 spiro atoms. The van der Waals surface area contributed by atoms with E-state index in [1.807, 2.05) is 0 Å². The van der Waals surface area contributed by atoms with Gasteiger partial charge in [0.05, 0.1) is 0 Å². The summed E-state index contributed by atoms with van der Waals surface area (Å²) in [5.41, 5.74) is -0.603. The van der Waals surface area contributed by atoms with Gasteiger partial charge in [-0.2, -0.15) is 0 Å². The van der Waals surface area contributed by atoms with E-state index in [1.54, 1.807) is 0 Å². The number of fused-ring (bicyclic) bond motifs is 1. The minimum absolute atomic E-state index is 0.0254. The topological polar surface area (TPSA) is 95.9 Å². The van der Waals surface area contributed by atoms with E-state index in [1.165, 1.54) is 31.7 Å². The third-order valence-electron chi connectivity index (χ3n) is 4.95. The molecule has 0 unspecified atom stereocenters. The second-order valence-corrected chi connectivity index (χ2v) is 6.34. The van der Waals surface area contributed by atoms with Crippen LogP contribution in [0.3, 0.4) is 0 Å². The summed E-state index contributed by atoms with van der Waals surface area (Å²) in [6.45, 7) is 0. The van der Waals surface area contributed by atoms with Crippen LogP contribution in [0.2, 0.25) is 0 Å². The summed E-state index contributed by atoms with van der Waals surface area (Å²) in [6, 6.07) is 1.37. The summed E-state index contributed by atoms with van der Waals surface area (Å²) < 4.78 is 4.94. The minimum Gasteiger partial charge on any atom is -0.405 e. The summed E-state index contributed by atoms with van der Waals surface area (Å²) in [6.07, 6.45) is 6.80. The first kappa shape index (κ1) is 12.6. The van der Waals surface area contributed by atoms with Crippen molar-refractivity contribution in [1.82, 2.24) is 9.97 Å². The van der Waals surface area contributed by atoms with Gasteiger partial charge in [0.2, 0.25) is 5.71 Å². The van der Waals surface area contributed by atoms with Crippen molar-refractivity contribution in [3.63, 3.8) is 0 Å². The highest BCUT2D eigenvalue weighted by Gasteiger charge is 2.52. The average molecular weight is 288 g/mol. The molecule has 0 atom stereocenters. The third-order valence-corrected chi connectivity index (χ3v) is 4.95. The number of rotatable bonds is 4. The van der Waals surface area contributed by atoms with Gasteiger partial charge in [-0.15, -0.1) is 0 Å². The second-order valence-electron chi connectivity index (χ2n) is 6.34. The highest BCUT2D eigenvalue weighted by molar-refractivity contribution is 5.75. The first-order valence-corrected chi connectivity index (χ1v) is 7.37. The van der Waals surface area contributed by atoms with E-state index in [9.17, 15) is 14.4 Å². The van der Waals surface area contributed by atoms with Gasteiger partial charge in [0, 0.05) is 6.07 Å². The maximum absolute atomic E-state index is 12.0. The Bertz CT molecular complexity index is 876. The molecule has 2 saturated carbocycles. The molecule has 4 rings (SSSR count). The molecule has 2 N–H and O–H groups in total. The fourth-order valence-corrected chi connectivity index (χ4v) is 3.48. The van der Waals surface area contributed by atoms with Gasteiger partial charge in [-0.3, -0.25) is 14.8 Å². The summed E-state index contributed by atoms with van der Waals surface area (Å²) >= 11 is 0. The lowest BCUT2D eigenvalue weighted by Gasteiger charge is -2.13. The van der Waals surface area contributed by atoms with Gasteiger partial charge >= 0.3 is 11.3 Å².